The van der Waals surface area contributed by atoms with E-state index in [0.29, 0.717) is 18.3 Å². The lowest BCUT2D eigenvalue weighted by Crippen LogP contribution is -2.48. The number of allylic oxidation sites excluding steroid dienone is 4. The van der Waals surface area contributed by atoms with Gasteiger partial charge < -0.3 is 5.11 Å². The van der Waals surface area contributed by atoms with Gasteiger partial charge in [0.15, 0.2) is 5.78 Å². The standard InChI is InChI=1S/C15H20O3/c1-11(6-8-16)5-7-15(18)12(2)9-13(17)10-14(15,3)4/h5-9,18H,10H2,1-4H3/t15-/m1/s1. The maximum absolute atomic E-state index is 11.5. The molecule has 0 aromatic carbocycles. The van der Waals surface area contributed by atoms with Crippen molar-refractivity contribution in [1.29, 1.82) is 0 Å². The molecule has 0 bridgehead atoms. The predicted octanol–water partition coefficient (Wildman–Crippen LogP) is 2.36. The fraction of sp³-hybridized carbons (Fsp3) is 0.467. The van der Waals surface area contributed by atoms with Gasteiger partial charge in [-0.2, -0.15) is 0 Å². The van der Waals surface area contributed by atoms with Gasteiger partial charge in [-0.05, 0) is 43.2 Å². The SMILES string of the molecule is CC(C=C[C@@]1(O)C(C)=CC(=O)CC1(C)C)=CC=O. The van der Waals surface area contributed by atoms with Crippen LogP contribution in [0.3, 0.4) is 0 Å². The zero-order chi connectivity index (χ0) is 14.0. The molecule has 1 aliphatic carbocycles. The second-order valence-electron chi connectivity index (χ2n) is 5.50. The third-order valence-electron chi connectivity index (χ3n) is 3.55. The number of aliphatic hydroxyl groups is 1. The van der Waals surface area contributed by atoms with E-state index in [9.17, 15) is 14.7 Å². The molecule has 3 heteroatoms. The zero-order valence-electron chi connectivity index (χ0n) is 11.4. The van der Waals surface area contributed by atoms with E-state index < -0.39 is 11.0 Å². The van der Waals surface area contributed by atoms with Crippen LogP contribution in [-0.4, -0.2) is 22.8 Å². The first-order chi connectivity index (χ1) is 8.23. The third-order valence-corrected chi connectivity index (χ3v) is 3.55. The smallest absolute Gasteiger partial charge is 0.156 e. The van der Waals surface area contributed by atoms with E-state index in [0.717, 1.165) is 5.57 Å². The summed E-state index contributed by atoms with van der Waals surface area (Å²) in [5.41, 5.74) is -0.308. The summed E-state index contributed by atoms with van der Waals surface area (Å²) in [7, 11) is 0. The molecular weight excluding hydrogens is 228 g/mol. The number of rotatable bonds is 3. The summed E-state index contributed by atoms with van der Waals surface area (Å²) >= 11 is 0. The Labute approximate surface area is 108 Å². The topological polar surface area (TPSA) is 54.4 Å². The number of hydrogen-bond acceptors (Lipinski definition) is 3. The lowest BCUT2D eigenvalue weighted by atomic mass is 9.64. The van der Waals surface area contributed by atoms with Gasteiger partial charge in [-0.1, -0.05) is 19.9 Å². The fourth-order valence-corrected chi connectivity index (χ4v) is 2.28. The number of carbonyl (C=O) groups excluding carboxylic acids is 2. The number of ketones is 1. The molecule has 0 unspecified atom stereocenters. The Morgan fingerprint density at radius 2 is 2.06 bits per heavy atom. The lowest BCUT2D eigenvalue weighted by Gasteiger charge is -2.43. The summed E-state index contributed by atoms with van der Waals surface area (Å²) in [4.78, 5) is 21.9. The van der Waals surface area contributed by atoms with Crippen molar-refractivity contribution in [3.8, 4) is 0 Å². The van der Waals surface area contributed by atoms with Crippen molar-refractivity contribution in [2.45, 2.75) is 39.7 Å². The van der Waals surface area contributed by atoms with Crippen molar-refractivity contribution >= 4 is 12.1 Å². The van der Waals surface area contributed by atoms with E-state index in [-0.39, 0.29) is 5.78 Å². The van der Waals surface area contributed by atoms with Crippen LogP contribution >= 0.6 is 0 Å². The molecule has 1 atom stereocenters. The Bertz CT molecular complexity index is 452. The van der Waals surface area contributed by atoms with E-state index in [1.807, 2.05) is 13.8 Å². The van der Waals surface area contributed by atoms with Crippen LogP contribution in [0, 0.1) is 5.41 Å². The third kappa shape index (κ3) is 2.67. The summed E-state index contributed by atoms with van der Waals surface area (Å²) < 4.78 is 0. The minimum Gasteiger partial charge on any atom is -0.381 e. The normalized spacial score (nSPS) is 28.4. The maximum atomic E-state index is 11.5. The minimum atomic E-state index is -1.15. The number of hydrogen-bond donors (Lipinski definition) is 1. The van der Waals surface area contributed by atoms with E-state index in [2.05, 4.69) is 0 Å². The molecule has 0 fully saturated rings. The van der Waals surface area contributed by atoms with Crippen molar-refractivity contribution < 1.29 is 14.7 Å². The second kappa shape index (κ2) is 5.02. The van der Waals surface area contributed by atoms with Gasteiger partial charge in [-0.25, -0.2) is 0 Å². The molecule has 0 aliphatic heterocycles. The number of carbonyl (C=O) groups is 2. The first-order valence-corrected chi connectivity index (χ1v) is 5.98. The quantitative estimate of drug-likeness (QED) is 0.474. The molecule has 0 saturated heterocycles. The van der Waals surface area contributed by atoms with E-state index in [1.165, 1.54) is 12.2 Å². The largest absolute Gasteiger partial charge is 0.381 e. The average Bonchev–Trinajstić information content (AvgIpc) is 2.23. The van der Waals surface area contributed by atoms with Crippen LogP contribution in [0.4, 0.5) is 0 Å². The van der Waals surface area contributed by atoms with Crippen LogP contribution in [-0.2, 0) is 9.59 Å². The molecule has 0 aromatic heterocycles. The van der Waals surface area contributed by atoms with Crippen molar-refractivity contribution in [3.63, 3.8) is 0 Å². The predicted molar refractivity (Wildman–Crippen MR) is 71.1 cm³/mol. The molecular formula is C15H20O3. The van der Waals surface area contributed by atoms with Crippen LogP contribution in [0.1, 0.15) is 34.1 Å². The highest BCUT2D eigenvalue weighted by molar-refractivity contribution is 5.92. The van der Waals surface area contributed by atoms with Gasteiger partial charge in [0.05, 0.1) is 0 Å². The average molecular weight is 248 g/mol. The Morgan fingerprint density at radius 3 is 2.56 bits per heavy atom. The van der Waals surface area contributed by atoms with Gasteiger partial charge >= 0.3 is 0 Å². The van der Waals surface area contributed by atoms with Gasteiger partial charge in [0.25, 0.3) is 0 Å². The monoisotopic (exact) mass is 248 g/mol. The van der Waals surface area contributed by atoms with Gasteiger partial charge in [0.2, 0.25) is 0 Å². The first kappa shape index (κ1) is 14.6. The van der Waals surface area contributed by atoms with Crippen molar-refractivity contribution in [2.24, 2.45) is 5.41 Å². The Kier molecular flexibility index (Phi) is 4.07. The van der Waals surface area contributed by atoms with Crippen LogP contribution in [0.2, 0.25) is 0 Å². The van der Waals surface area contributed by atoms with Crippen LogP contribution < -0.4 is 0 Å². The molecule has 0 spiro atoms. The Morgan fingerprint density at radius 1 is 1.44 bits per heavy atom. The highest BCUT2D eigenvalue weighted by atomic mass is 16.3. The number of aldehydes is 1. The highest BCUT2D eigenvalue weighted by Crippen LogP contribution is 2.44. The molecule has 1 N–H and O–H groups in total. The molecule has 98 valence electrons. The Hall–Kier alpha value is -1.48. The summed E-state index contributed by atoms with van der Waals surface area (Å²) in [5.74, 6) is 0.0377. The van der Waals surface area contributed by atoms with Crippen molar-refractivity contribution in [1.82, 2.24) is 0 Å². The van der Waals surface area contributed by atoms with Gasteiger partial charge in [-0.15, -0.1) is 0 Å². The molecule has 1 rings (SSSR count). The zero-order valence-corrected chi connectivity index (χ0v) is 11.4. The molecule has 0 heterocycles. The maximum Gasteiger partial charge on any atom is 0.156 e. The summed E-state index contributed by atoms with van der Waals surface area (Å²) in [6.45, 7) is 7.27. The molecule has 0 radical (unpaired) electrons. The molecule has 3 nitrogen and oxygen atoms in total. The molecule has 0 aromatic rings. The van der Waals surface area contributed by atoms with Crippen molar-refractivity contribution in [3.05, 3.63) is 35.5 Å². The summed E-state index contributed by atoms with van der Waals surface area (Å²) in [6.07, 6.45) is 7.32. The first-order valence-electron chi connectivity index (χ1n) is 5.98. The summed E-state index contributed by atoms with van der Waals surface area (Å²) in [6, 6.07) is 0. The van der Waals surface area contributed by atoms with Gasteiger partial charge in [0, 0.05) is 11.8 Å². The van der Waals surface area contributed by atoms with E-state index >= 15 is 0 Å². The summed E-state index contributed by atoms with van der Waals surface area (Å²) in [5, 5.41) is 10.8. The van der Waals surface area contributed by atoms with Gasteiger partial charge in [0.1, 0.15) is 11.9 Å². The second-order valence-corrected chi connectivity index (χ2v) is 5.50. The van der Waals surface area contributed by atoms with Crippen LogP contribution in [0.25, 0.3) is 0 Å². The van der Waals surface area contributed by atoms with Crippen LogP contribution in [0.15, 0.2) is 35.5 Å². The lowest BCUT2D eigenvalue weighted by molar-refractivity contribution is -0.121. The molecule has 0 amide bonds. The van der Waals surface area contributed by atoms with Gasteiger partial charge in [-0.3, -0.25) is 9.59 Å². The fourth-order valence-electron chi connectivity index (χ4n) is 2.28. The molecule has 1 aliphatic rings. The van der Waals surface area contributed by atoms with E-state index in [4.69, 9.17) is 0 Å². The highest BCUT2D eigenvalue weighted by Gasteiger charge is 2.46. The minimum absolute atomic E-state index is 0.0377. The Balaban J connectivity index is 3.17. The van der Waals surface area contributed by atoms with E-state index in [1.54, 1.807) is 26.0 Å². The molecule has 18 heavy (non-hydrogen) atoms. The van der Waals surface area contributed by atoms with Crippen LogP contribution in [0.5, 0.6) is 0 Å². The van der Waals surface area contributed by atoms with Crippen molar-refractivity contribution in [2.75, 3.05) is 0 Å². The molecule has 0 saturated carbocycles.